The second-order valence-corrected chi connectivity index (χ2v) is 6.27. The van der Waals surface area contributed by atoms with Crippen LogP contribution in [0.4, 0.5) is 5.82 Å². The Kier molecular flexibility index (Phi) is 6.84. The first kappa shape index (κ1) is 18.9. The van der Waals surface area contributed by atoms with Crippen molar-refractivity contribution >= 4 is 11.8 Å². The van der Waals surface area contributed by atoms with Crippen molar-refractivity contribution in [3.8, 4) is 5.88 Å². The standard InChI is InChI=1S/C20H28N6O/c1-3-21-20(24-16-17-8-10-23-19(15-17)27-4-2)26-13-11-25(12-14-26)18-7-5-6-9-22-18/h5-10,15H,3-4,11-14,16H2,1-2H3,(H,21,24). The van der Waals surface area contributed by atoms with E-state index in [2.05, 4.69) is 38.1 Å². The minimum absolute atomic E-state index is 0.603. The lowest BCUT2D eigenvalue weighted by molar-refractivity contribution is 0.326. The van der Waals surface area contributed by atoms with Gasteiger partial charge in [-0.05, 0) is 37.6 Å². The van der Waals surface area contributed by atoms with Gasteiger partial charge in [-0.1, -0.05) is 6.07 Å². The maximum atomic E-state index is 5.47. The summed E-state index contributed by atoms with van der Waals surface area (Å²) in [6.45, 7) is 9.83. The Labute approximate surface area is 161 Å². The molecule has 0 radical (unpaired) electrons. The Hall–Kier alpha value is -2.83. The molecule has 7 nitrogen and oxygen atoms in total. The van der Waals surface area contributed by atoms with E-state index in [4.69, 9.17) is 9.73 Å². The summed E-state index contributed by atoms with van der Waals surface area (Å²) >= 11 is 0. The maximum absolute atomic E-state index is 5.47. The lowest BCUT2D eigenvalue weighted by Gasteiger charge is -2.37. The molecule has 2 aromatic rings. The minimum Gasteiger partial charge on any atom is -0.478 e. The molecule has 0 spiro atoms. The molecule has 2 aromatic heterocycles. The number of piperazine rings is 1. The van der Waals surface area contributed by atoms with Gasteiger partial charge in [0, 0.05) is 51.2 Å². The van der Waals surface area contributed by atoms with Crippen LogP contribution >= 0.6 is 0 Å². The van der Waals surface area contributed by atoms with E-state index in [-0.39, 0.29) is 0 Å². The maximum Gasteiger partial charge on any atom is 0.213 e. The molecular weight excluding hydrogens is 340 g/mol. The van der Waals surface area contributed by atoms with E-state index in [1.807, 2.05) is 37.4 Å². The third-order valence-corrected chi connectivity index (χ3v) is 4.39. The third-order valence-electron chi connectivity index (χ3n) is 4.39. The van der Waals surface area contributed by atoms with Gasteiger partial charge in [0.1, 0.15) is 5.82 Å². The zero-order valence-corrected chi connectivity index (χ0v) is 16.1. The number of nitrogens with zero attached hydrogens (tertiary/aromatic N) is 5. The second-order valence-electron chi connectivity index (χ2n) is 6.27. The number of hydrogen-bond acceptors (Lipinski definition) is 5. The fraction of sp³-hybridized carbons (Fsp3) is 0.450. The van der Waals surface area contributed by atoms with E-state index >= 15 is 0 Å². The highest BCUT2D eigenvalue weighted by Gasteiger charge is 2.20. The quantitative estimate of drug-likeness (QED) is 0.623. The molecular formula is C20H28N6O. The van der Waals surface area contributed by atoms with Crippen LogP contribution < -0.4 is 15.0 Å². The molecule has 0 unspecified atom stereocenters. The van der Waals surface area contributed by atoms with Crippen molar-refractivity contribution in [1.82, 2.24) is 20.2 Å². The summed E-state index contributed by atoms with van der Waals surface area (Å²) in [5.41, 5.74) is 1.09. The van der Waals surface area contributed by atoms with Gasteiger partial charge in [-0.3, -0.25) is 0 Å². The van der Waals surface area contributed by atoms with Crippen LogP contribution in [0.2, 0.25) is 0 Å². The highest BCUT2D eigenvalue weighted by molar-refractivity contribution is 5.80. The van der Waals surface area contributed by atoms with E-state index in [0.717, 1.165) is 50.1 Å². The van der Waals surface area contributed by atoms with Crippen molar-refractivity contribution in [3.05, 3.63) is 48.3 Å². The summed E-state index contributed by atoms with van der Waals surface area (Å²) in [6.07, 6.45) is 3.62. The van der Waals surface area contributed by atoms with Crippen LogP contribution in [-0.2, 0) is 6.54 Å². The van der Waals surface area contributed by atoms with Crippen molar-refractivity contribution in [2.75, 3.05) is 44.2 Å². The van der Waals surface area contributed by atoms with E-state index in [1.54, 1.807) is 6.20 Å². The number of aromatic nitrogens is 2. The summed E-state index contributed by atoms with van der Waals surface area (Å²) in [5, 5.41) is 3.41. The largest absolute Gasteiger partial charge is 0.478 e. The van der Waals surface area contributed by atoms with Crippen LogP contribution in [0, 0.1) is 0 Å². The lowest BCUT2D eigenvalue weighted by atomic mass is 10.2. The number of guanidine groups is 1. The van der Waals surface area contributed by atoms with Gasteiger partial charge >= 0.3 is 0 Å². The second kappa shape index (κ2) is 9.75. The molecule has 0 atom stereocenters. The van der Waals surface area contributed by atoms with Crippen LogP contribution in [0.1, 0.15) is 19.4 Å². The molecule has 144 valence electrons. The van der Waals surface area contributed by atoms with Crippen molar-refractivity contribution in [2.24, 2.45) is 4.99 Å². The van der Waals surface area contributed by atoms with Gasteiger partial charge in [-0.2, -0.15) is 0 Å². The number of nitrogens with one attached hydrogen (secondary N) is 1. The molecule has 7 heteroatoms. The summed E-state index contributed by atoms with van der Waals surface area (Å²) in [6, 6.07) is 9.98. The van der Waals surface area contributed by atoms with Crippen LogP contribution in [0.3, 0.4) is 0 Å². The Morgan fingerprint density at radius 2 is 1.96 bits per heavy atom. The van der Waals surface area contributed by atoms with E-state index < -0.39 is 0 Å². The first-order chi connectivity index (χ1) is 13.3. The number of anilines is 1. The third kappa shape index (κ3) is 5.32. The Morgan fingerprint density at radius 1 is 1.11 bits per heavy atom. The zero-order chi connectivity index (χ0) is 18.9. The van der Waals surface area contributed by atoms with Gasteiger partial charge in [0.15, 0.2) is 5.96 Å². The molecule has 1 N–H and O–H groups in total. The molecule has 1 aliphatic heterocycles. The van der Waals surface area contributed by atoms with Crippen LogP contribution in [-0.4, -0.2) is 60.2 Å². The number of ether oxygens (including phenoxy) is 1. The zero-order valence-electron chi connectivity index (χ0n) is 16.1. The van der Waals surface area contributed by atoms with E-state index in [1.165, 1.54) is 0 Å². The number of hydrogen-bond donors (Lipinski definition) is 1. The number of pyridine rings is 2. The topological polar surface area (TPSA) is 65.9 Å². The molecule has 0 amide bonds. The first-order valence-electron chi connectivity index (χ1n) is 9.57. The molecule has 3 heterocycles. The molecule has 3 rings (SSSR count). The highest BCUT2D eigenvalue weighted by Crippen LogP contribution is 2.14. The summed E-state index contributed by atoms with van der Waals surface area (Å²) in [5.74, 6) is 2.64. The highest BCUT2D eigenvalue weighted by atomic mass is 16.5. The van der Waals surface area contributed by atoms with E-state index in [9.17, 15) is 0 Å². The van der Waals surface area contributed by atoms with Crippen LogP contribution in [0.15, 0.2) is 47.7 Å². The SMILES string of the molecule is CCNC(=NCc1ccnc(OCC)c1)N1CCN(c2ccccn2)CC1. The summed E-state index contributed by atoms with van der Waals surface area (Å²) in [4.78, 5) is 18.1. The molecule has 0 saturated carbocycles. The van der Waals surface area contributed by atoms with Crippen molar-refractivity contribution < 1.29 is 4.74 Å². The average molecular weight is 368 g/mol. The van der Waals surface area contributed by atoms with Crippen LogP contribution in [0.25, 0.3) is 0 Å². The van der Waals surface area contributed by atoms with Gasteiger partial charge in [0.05, 0.1) is 13.2 Å². The summed E-state index contributed by atoms with van der Waals surface area (Å²) in [7, 11) is 0. The van der Waals surface area contributed by atoms with Crippen molar-refractivity contribution in [2.45, 2.75) is 20.4 Å². The minimum atomic E-state index is 0.603. The molecule has 0 aromatic carbocycles. The Balaban J connectivity index is 1.62. The predicted octanol–water partition coefficient (Wildman–Crippen LogP) is 2.16. The Bertz CT molecular complexity index is 728. The first-order valence-corrected chi connectivity index (χ1v) is 9.57. The number of rotatable bonds is 6. The fourth-order valence-electron chi connectivity index (χ4n) is 3.06. The monoisotopic (exact) mass is 368 g/mol. The van der Waals surface area contributed by atoms with Gasteiger partial charge in [0.2, 0.25) is 5.88 Å². The fourth-order valence-corrected chi connectivity index (χ4v) is 3.06. The Morgan fingerprint density at radius 3 is 2.67 bits per heavy atom. The lowest BCUT2D eigenvalue weighted by Crippen LogP contribution is -2.52. The molecule has 0 aliphatic carbocycles. The van der Waals surface area contributed by atoms with Gasteiger partial charge < -0.3 is 19.9 Å². The molecule has 1 aliphatic rings. The smallest absolute Gasteiger partial charge is 0.213 e. The van der Waals surface area contributed by atoms with Gasteiger partial charge in [-0.15, -0.1) is 0 Å². The number of aliphatic imine (C=N–C) groups is 1. The summed E-state index contributed by atoms with van der Waals surface area (Å²) < 4.78 is 5.47. The van der Waals surface area contributed by atoms with Crippen molar-refractivity contribution in [3.63, 3.8) is 0 Å². The predicted molar refractivity (Wildman–Crippen MR) is 108 cm³/mol. The molecule has 1 fully saturated rings. The average Bonchev–Trinajstić information content (AvgIpc) is 2.72. The molecule has 27 heavy (non-hydrogen) atoms. The van der Waals surface area contributed by atoms with E-state index in [0.29, 0.717) is 19.0 Å². The normalized spacial score (nSPS) is 15.0. The molecule has 1 saturated heterocycles. The van der Waals surface area contributed by atoms with Gasteiger partial charge in [0.25, 0.3) is 0 Å². The van der Waals surface area contributed by atoms with Crippen LogP contribution in [0.5, 0.6) is 5.88 Å². The molecule has 0 bridgehead atoms. The van der Waals surface area contributed by atoms with Gasteiger partial charge in [-0.25, -0.2) is 15.0 Å². The van der Waals surface area contributed by atoms with Crippen molar-refractivity contribution in [1.29, 1.82) is 0 Å².